The van der Waals surface area contributed by atoms with Gasteiger partial charge in [0, 0.05) is 30.7 Å². The molecule has 1 aliphatic carbocycles. The SMILES string of the molecule is Cc1ccc(NC(=O)c2nnc(C(=O)N3CCC(C(=O)NC4CCCC4)CC3)s2)cc1. The Kier molecular flexibility index (Phi) is 6.60. The number of hydrogen-bond donors (Lipinski definition) is 2. The first-order valence-corrected chi connectivity index (χ1v) is 11.6. The van der Waals surface area contributed by atoms with Crippen molar-refractivity contribution in [3.63, 3.8) is 0 Å². The van der Waals surface area contributed by atoms with Crippen LogP contribution in [0.15, 0.2) is 24.3 Å². The van der Waals surface area contributed by atoms with Crippen LogP contribution < -0.4 is 10.6 Å². The summed E-state index contributed by atoms with van der Waals surface area (Å²) >= 11 is 0.989. The first-order valence-electron chi connectivity index (χ1n) is 10.8. The monoisotopic (exact) mass is 441 g/mol. The number of rotatable bonds is 5. The van der Waals surface area contributed by atoms with Crippen molar-refractivity contribution in [2.45, 2.75) is 51.5 Å². The predicted molar refractivity (Wildman–Crippen MR) is 118 cm³/mol. The molecule has 0 spiro atoms. The second-order valence-corrected chi connectivity index (χ2v) is 9.27. The van der Waals surface area contributed by atoms with E-state index in [1.54, 1.807) is 4.90 Å². The lowest BCUT2D eigenvalue weighted by molar-refractivity contribution is -0.127. The molecule has 3 amide bonds. The summed E-state index contributed by atoms with van der Waals surface area (Å²) in [6.45, 7) is 2.98. The number of carbonyl (C=O) groups is 3. The molecule has 1 aromatic heterocycles. The van der Waals surface area contributed by atoms with E-state index < -0.39 is 0 Å². The first-order chi connectivity index (χ1) is 15.0. The van der Waals surface area contributed by atoms with Gasteiger partial charge in [-0.25, -0.2) is 0 Å². The topological polar surface area (TPSA) is 104 Å². The average molecular weight is 442 g/mol. The maximum atomic E-state index is 12.8. The zero-order chi connectivity index (χ0) is 21.8. The van der Waals surface area contributed by atoms with Crippen molar-refractivity contribution in [1.82, 2.24) is 20.4 Å². The molecule has 2 heterocycles. The van der Waals surface area contributed by atoms with Crippen LogP contribution in [0.1, 0.15) is 63.7 Å². The van der Waals surface area contributed by atoms with E-state index in [0.717, 1.165) is 29.7 Å². The standard InChI is InChI=1S/C22H27N5O3S/c1-14-6-8-17(9-7-14)24-19(29)20-25-26-21(31-20)22(30)27-12-10-15(11-13-27)18(28)23-16-4-2-3-5-16/h6-9,15-16H,2-5,10-13H2,1H3,(H,23,28)(H,24,29). The Balaban J connectivity index is 1.29. The van der Waals surface area contributed by atoms with Crippen LogP contribution >= 0.6 is 11.3 Å². The number of aromatic nitrogens is 2. The van der Waals surface area contributed by atoms with Gasteiger partial charge in [-0.3, -0.25) is 14.4 Å². The predicted octanol–water partition coefficient (Wildman–Crippen LogP) is 3.01. The number of aryl methyl sites for hydroxylation is 1. The van der Waals surface area contributed by atoms with Crippen LogP contribution in [0.4, 0.5) is 5.69 Å². The van der Waals surface area contributed by atoms with Crippen LogP contribution in [0.5, 0.6) is 0 Å². The number of piperidine rings is 1. The fraction of sp³-hybridized carbons (Fsp3) is 0.500. The zero-order valence-electron chi connectivity index (χ0n) is 17.6. The molecule has 8 nitrogen and oxygen atoms in total. The molecule has 4 rings (SSSR count). The van der Waals surface area contributed by atoms with Gasteiger partial charge < -0.3 is 15.5 Å². The maximum Gasteiger partial charge on any atom is 0.286 e. The Morgan fingerprint density at radius 3 is 2.29 bits per heavy atom. The first kappa shape index (κ1) is 21.4. The Bertz CT molecular complexity index is 944. The molecule has 1 saturated carbocycles. The van der Waals surface area contributed by atoms with E-state index in [4.69, 9.17) is 0 Å². The molecule has 31 heavy (non-hydrogen) atoms. The summed E-state index contributed by atoms with van der Waals surface area (Å²) in [6, 6.07) is 7.75. The van der Waals surface area contributed by atoms with Crippen LogP contribution in [0.3, 0.4) is 0 Å². The fourth-order valence-corrected chi connectivity index (χ4v) is 4.80. The molecule has 164 valence electrons. The molecule has 1 saturated heterocycles. The number of carbonyl (C=O) groups excluding carboxylic acids is 3. The molecule has 2 aliphatic rings. The van der Waals surface area contributed by atoms with Crippen LogP contribution in [0.2, 0.25) is 0 Å². The summed E-state index contributed by atoms with van der Waals surface area (Å²) in [5, 5.41) is 14.1. The molecule has 2 N–H and O–H groups in total. The molecule has 1 aromatic carbocycles. The molecule has 1 aliphatic heterocycles. The number of anilines is 1. The Hall–Kier alpha value is -2.81. The lowest BCUT2D eigenvalue weighted by Crippen LogP contribution is -2.44. The van der Waals surface area contributed by atoms with Gasteiger partial charge in [-0.1, -0.05) is 41.9 Å². The lowest BCUT2D eigenvalue weighted by Gasteiger charge is -2.31. The minimum Gasteiger partial charge on any atom is -0.353 e. The average Bonchev–Trinajstić information content (AvgIpc) is 3.47. The Labute approximate surface area is 185 Å². The second kappa shape index (κ2) is 9.55. The van der Waals surface area contributed by atoms with Crippen molar-refractivity contribution in [2.24, 2.45) is 5.92 Å². The summed E-state index contributed by atoms with van der Waals surface area (Å²) < 4.78 is 0. The maximum absolute atomic E-state index is 12.8. The van der Waals surface area contributed by atoms with E-state index in [9.17, 15) is 14.4 Å². The molecule has 2 aromatic rings. The van der Waals surface area contributed by atoms with Gasteiger partial charge >= 0.3 is 0 Å². The lowest BCUT2D eigenvalue weighted by atomic mass is 9.95. The molecule has 0 unspecified atom stereocenters. The largest absolute Gasteiger partial charge is 0.353 e. The number of likely N-dealkylation sites (tertiary alicyclic amines) is 1. The van der Waals surface area contributed by atoms with Gasteiger partial charge in [0.15, 0.2) is 0 Å². The van der Waals surface area contributed by atoms with Crippen LogP contribution in [-0.4, -0.2) is 52.0 Å². The van der Waals surface area contributed by atoms with E-state index in [-0.39, 0.29) is 33.7 Å². The minimum atomic E-state index is -0.386. The van der Waals surface area contributed by atoms with Crippen LogP contribution in [0.25, 0.3) is 0 Å². The molecule has 0 atom stereocenters. The molecule has 0 radical (unpaired) electrons. The third-order valence-corrected chi connectivity index (χ3v) is 6.88. The highest BCUT2D eigenvalue weighted by Crippen LogP contribution is 2.23. The van der Waals surface area contributed by atoms with Gasteiger partial charge in [0.1, 0.15) is 0 Å². The van der Waals surface area contributed by atoms with E-state index in [2.05, 4.69) is 20.8 Å². The molecular weight excluding hydrogens is 414 g/mol. The van der Waals surface area contributed by atoms with Crippen molar-refractivity contribution in [3.05, 3.63) is 39.8 Å². The third kappa shape index (κ3) is 5.28. The molecule has 9 heteroatoms. The van der Waals surface area contributed by atoms with Gasteiger partial charge in [-0.15, -0.1) is 10.2 Å². The van der Waals surface area contributed by atoms with Gasteiger partial charge in [0.2, 0.25) is 15.9 Å². The van der Waals surface area contributed by atoms with E-state index in [0.29, 0.717) is 37.7 Å². The summed E-state index contributed by atoms with van der Waals surface area (Å²) in [5.74, 6) is -0.552. The summed E-state index contributed by atoms with van der Waals surface area (Å²) in [7, 11) is 0. The Morgan fingerprint density at radius 2 is 1.61 bits per heavy atom. The molecule has 2 fully saturated rings. The summed E-state index contributed by atoms with van der Waals surface area (Å²) in [4.78, 5) is 39.4. The highest BCUT2D eigenvalue weighted by Gasteiger charge is 2.31. The van der Waals surface area contributed by atoms with Gasteiger partial charge in [0.05, 0.1) is 0 Å². The van der Waals surface area contributed by atoms with Crippen LogP contribution in [-0.2, 0) is 4.79 Å². The van der Waals surface area contributed by atoms with Crippen molar-refractivity contribution in [1.29, 1.82) is 0 Å². The van der Waals surface area contributed by atoms with Gasteiger partial charge in [-0.2, -0.15) is 0 Å². The number of nitrogens with one attached hydrogen (secondary N) is 2. The Morgan fingerprint density at radius 1 is 0.968 bits per heavy atom. The zero-order valence-corrected chi connectivity index (χ0v) is 18.4. The van der Waals surface area contributed by atoms with Crippen molar-refractivity contribution < 1.29 is 14.4 Å². The van der Waals surface area contributed by atoms with Crippen molar-refractivity contribution in [3.8, 4) is 0 Å². The third-order valence-electron chi connectivity index (χ3n) is 5.97. The quantitative estimate of drug-likeness (QED) is 0.742. The van der Waals surface area contributed by atoms with E-state index >= 15 is 0 Å². The van der Waals surface area contributed by atoms with Crippen molar-refractivity contribution in [2.75, 3.05) is 18.4 Å². The summed E-state index contributed by atoms with van der Waals surface area (Å²) in [5.41, 5.74) is 1.76. The number of nitrogens with zero attached hydrogens (tertiary/aromatic N) is 3. The number of hydrogen-bond acceptors (Lipinski definition) is 6. The van der Waals surface area contributed by atoms with Gasteiger partial charge in [-0.05, 0) is 44.7 Å². The second-order valence-electron chi connectivity index (χ2n) is 8.29. The van der Waals surface area contributed by atoms with Crippen molar-refractivity contribution >= 4 is 34.7 Å². The number of amides is 3. The molecule has 0 bridgehead atoms. The molecular formula is C22H27N5O3S. The smallest absolute Gasteiger partial charge is 0.286 e. The van der Waals surface area contributed by atoms with Gasteiger partial charge in [0.25, 0.3) is 11.8 Å². The van der Waals surface area contributed by atoms with E-state index in [1.165, 1.54) is 12.8 Å². The fourth-order valence-electron chi connectivity index (χ4n) is 4.09. The minimum absolute atomic E-state index is 0.0464. The normalized spacial score (nSPS) is 17.5. The number of benzene rings is 1. The highest BCUT2D eigenvalue weighted by atomic mass is 32.1. The van der Waals surface area contributed by atoms with E-state index in [1.807, 2.05) is 31.2 Å². The highest BCUT2D eigenvalue weighted by molar-refractivity contribution is 7.15. The van der Waals surface area contributed by atoms with Crippen LogP contribution in [0, 0.1) is 12.8 Å². The summed E-state index contributed by atoms with van der Waals surface area (Å²) in [6.07, 6.45) is 5.79.